The average molecular weight is 431 g/mol. The minimum atomic E-state index is -0.392. The van der Waals surface area contributed by atoms with Crippen molar-refractivity contribution in [3.63, 3.8) is 0 Å². The number of fused-ring (bicyclic) bond motifs is 1. The first-order valence-corrected chi connectivity index (χ1v) is 9.41. The van der Waals surface area contributed by atoms with E-state index in [1.54, 1.807) is 24.7 Å². The molecule has 1 aliphatic rings. The highest BCUT2D eigenvalue weighted by Crippen LogP contribution is 2.31. The molecule has 4 heterocycles. The van der Waals surface area contributed by atoms with E-state index in [-0.39, 0.29) is 17.5 Å². The van der Waals surface area contributed by atoms with Crippen molar-refractivity contribution in [3.05, 3.63) is 40.8 Å². The van der Waals surface area contributed by atoms with Gasteiger partial charge in [0.1, 0.15) is 11.1 Å². The molecule has 1 atom stereocenters. The lowest BCUT2D eigenvalue weighted by Gasteiger charge is -2.33. The molecule has 3 aromatic rings. The number of nitrogens with two attached hydrogens (primary N) is 2. The first kappa shape index (κ1) is 17.7. The van der Waals surface area contributed by atoms with Crippen molar-refractivity contribution in [3.8, 4) is 0 Å². The number of amides is 1. The zero-order valence-electron chi connectivity index (χ0n) is 14.5. The Labute approximate surface area is 164 Å². The van der Waals surface area contributed by atoms with Gasteiger partial charge in [-0.25, -0.2) is 0 Å². The number of hydrogen-bond acceptors (Lipinski definition) is 7. The number of nitrogens with one attached hydrogen (secondary N) is 1. The first-order chi connectivity index (χ1) is 13.0. The summed E-state index contributed by atoms with van der Waals surface area (Å²) in [5, 5.41) is 2.90. The van der Waals surface area contributed by atoms with E-state index in [4.69, 9.17) is 15.9 Å². The van der Waals surface area contributed by atoms with Gasteiger partial charge in [0.2, 0.25) is 5.88 Å². The maximum atomic E-state index is 12.9. The van der Waals surface area contributed by atoms with Crippen LogP contribution in [-0.4, -0.2) is 35.0 Å². The monoisotopic (exact) mass is 430 g/mol. The molecule has 4 rings (SSSR count). The number of hydrogen-bond donors (Lipinski definition) is 3. The summed E-state index contributed by atoms with van der Waals surface area (Å²) in [5.41, 5.74) is 14.6. The van der Waals surface area contributed by atoms with E-state index in [2.05, 4.69) is 36.1 Å². The number of aromatic nitrogens is 2. The van der Waals surface area contributed by atoms with Gasteiger partial charge in [0.25, 0.3) is 5.91 Å². The van der Waals surface area contributed by atoms with Crippen LogP contribution < -0.4 is 21.7 Å². The van der Waals surface area contributed by atoms with Gasteiger partial charge in [0.05, 0.1) is 17.6 Å². The molecule has 0 aliphatic carbocycles. The number of nitrogen functional groups attached to an aromatic ring is 1. The number of anilines is 3. The molecule has 1 aliphatic heterocycles. The van der Waals surface area contributed by atoms with Gasteiger partial charge in [0, 0.05) is 36.0 Å². The molecule has 0 bridgehead atoms. The number of furan rings is 1. The smallest absolute Gasteiger partial charge is 0.263 e. The Morgan fingerprint density at radius 1 is 1.41 bits per heavy atom. The number of pyridine rings is 2. The number of rotatable bonds is 3. The van der Waals surface area contributed by atoms with Crippen LogP contribution in [0, 0.1) is 0 Å². The lowest BCUT2D eigenvalue weighted by molar-refractivity contribution is 0.102. The Morgan fingerprint density at radius 2 is 2.26 bits per heavy atom. The Morgan fingerprint density at radius 3 is 3.07 bits per heavy atom. The zero-order chi connectivity index (χ0) is 19.0. The summed E-state index contributed by atoms with van der Waals surface area (Å²) in [5.74, 6) is -0.366. The van der Waals surface area contributed by atoms with Gasteiger partial charge < -0.3 is 26.1 Å². The van der Waals surface area contributed by atoms with Crippen LogP contribution in [0.2, 0.25) is 0 Å². The molecule has 5 N–H and O–H groups in total. The van der Waals surface area contributed by atoms with E-state index in [0.29, 0.717) is 16.8 Å². The Bertz CT molecular complexity index is 1000. The maximum absolute atomic E-state index is 12.9. The van der Waals surface area contributed by atoms with Crippen LogP contribution in [0.1, 0.15) is 23.2 Å². The number of carbonyl (C=O) groups is 1. The second-order valence-corrected chi connectivity index (χ2v) is 7.45. The van der Waals surface area contributed by atoms with Gasteiger partial charge in [-0.15, -0.1) is 0 Å². The van der Waals surface area contributed by atoms with Crippen molar-refractivity contribution in [1.82, 2.24) is 9.97 Å². The fraction of sp³-hybridized carbons (Fsp3) is 0.278. The quantitative estimate of drug-likeness (QED) is 0.583. The molecule has 9 heteroatoms. The van der Waals surface area contributed by atoms with Crippen LogP contribution in [0.4, 0.5) is 17.3 Å². The molecule has 3 aromatic heterocycles. The lowest BCUT2D eigenvalue weighted by Crippen LogP contribution is -2.43. The highest BCUT2D eigenvalue weighted by molar-refractivity contribution is 9.10. The number of halogens is 1. The normalized spacial score (nSPS) is 17.3. The van der Waals surface area contributed by atoms with E-state index in [9.17, 15) is 4.79 Å². The molecule has 0 radical (unpaired) electrons. The molecule has 27 heavy (non-hydrogen) atoms. The molecule has 0 aromatic carbocycles. The van der Waals surface area contributed by atoms with Gasteiger partial charge >= 0.3 is 0 Å². The number of piperidine rings is 1. The van der Waals surface area contributed by atoms with Gasteiger partial charge in [-0.2, -0.15) is 0 Å². The predicted octanol–water partition coefficient (Wildman–Crippen LogP) is 2.75. The number of nitrogens with zero attached hydrogens (tertiary/aromatic N) is 3. The minimum Gasteiger partial charge on any atom is -0.438 e. The average Bonchev–Trinajstić information content (AvgIpc) is 2.97. The molecular weight excluding hydrogens is 412 g/mol. The van der Waals surface area contributed by atoms with Crippen LogP contribution in [0.3, 0.4) is 0 Å². The fourth-order valence-corrected chi connectivity index (χ4v) is 3.67. The highest BCUT2D eigenvalue weighted by atomic mass is 79.9. The van der Waals surface area contributed by atoms with E-state index in [0.717, 1.165) is 36.1 Å². The summed E-state index contributed by atoms with van der Waals surface area (Å²) in [6.07, 6.45) is 6.93. The van der Waals surface area contributed by atoms with Gasteiger partial charge in [-0.3, -0.25) is 14.8 Å². The van der Waals surface area contributed by atoms with Crippen LogP contribution in [0.25, 0.3) is 11.1 Å². The van der Waals surface area contributed by atoms with Gasteiger partial charge in [-0.05, 0) is 40.9 Å². The van der Waals surface area contributed by atoms with E-state index >= 15 is 0 Å². The third kappa shape index (κ3) is 3.47. The third-order valence-corrected chi connectivity index (χ3v) is 5.03. The summed E-state index contributed by atoms with van der Waals surface area (Å²) >= 11 is 3.33. The molecule has 1 saturated heterocycles. The Kier molecular flexibility index (Phi) is 4.71. The van der Waals surface area contributed by atoms with Crippen LogP contribution in [0.5, 0.6) is 0 Å². The molecular formula is C18H19BrN6O2. The summed E-state index contributed by atoms with van der Waals surface area (Å²) in [7, 11) is 0. The first-order valence-electron chi connectivity index (χ1n) is 8.62. The molecule has 140 valence electrons. The minimum absolute atomic E-state index is 0.0264. The third-order valence-electron chi connectivity index (χ3n) is 4.59. The Balaban J connectivity index is 1.65. The van der Waals surface area contributed by atoms with Crippen molar-refractivity contribution in [2.75, 3.05) is 29.0 Å². The van der Waals surface area contributed by atoms with E-state index in [1.807, 2.05) is 6.07 Å². The van der Waals surface area contributed by atoms with Crippen LogP contribution >= 0.6 is 15.9 Å². The standard InChI is InChI=1S/C18H19BrN6O2/c19-10-6-14-16(23-7-10)15(17(21)27-14)18(26)24-12-8-22-4-3-13(12)25-5-1-2-11(20)9-25/h3-4,6-8,11H,1-2,5,9,20-21H2,(H,24,26). The zero-order valence-corrected chi connectivity index (χ0v) is 16.1. The second-order valence-electron chi connectivity index (χ2n) is 6.54. The lowest BCUT2D eigenvalue weighted by atomic mass is 10.1. The molecule has 0 spiro atoms. The molecule has 1 amide bonds. The second kappa shape index (κ2) is 7.16. The van der Waals surface area contributed by atoms with Gasteiger partial charge in [-0.1, -0.05) is 0 Å². The maximum Gasteiger partial charge on any atom is 0.263 e. The SMILES string of the molecule is Nc1oc2cc(Br)cnc2c1C(=O)Nc1cnccc1N1CCCC(N)C1. The topological polar surface area (TPSA) is 123 Å². The Hall–Kier alpha value is -2.65. The number of carbonyl (C=O) groups excluding carboxylic acids is 1. The summed E-state index contributed by atoms with van der Waals surface area (Å²) in [4.78, 5) is 23.5. The van der Waals surface area contributed by atoms with Crippen molar-refractivity contribution in [1.29, 1.82) is 0 Å². The van der Waals surface area contributed by atoms with Crippen molar-refractivity contribution >= 4 is 50.2 Å². The van der Waals surface area contributed by atoms with Crippen molar-refractivity contribution < 1.29 is 9.21 Å². The summed E-state index contributed by atoms with van der Waals surface area (Å²) in [6.45, 7) is 1.62. The van der Waals surface area contributed by atoms with Crippen LogP contribution in [0.15, 0.2) is 39.6 Å². The van der Waals surface area contributed by atoms with Crippen LogP contribution in [-0.2, 0) is 0 Å². The van der Waals surface area contributed by atoms with Gasteiger partial charge in [0.15, 0.2) is 5.58 Å². The van der Waals surface area contributed by atoms with E-state index < -0.39 is 5.91 Å². The molecule has 1 unspecified atom stereocenters. The summed E-state index contributed by atoms with van der Waals surface area (Å²) < 4.78 is 6.22. The highest BCUT2D eigenvalue weighted by Gasteiger charge is 2.24. The van der Waals surface area contributed by atoms with Crippen molar-refractivity contribution in [2.45, 2.75) is 18.9 Å². The summed E-state index contributed by atoms with van der Waals surface area (Å²) in [6, 6.07) is 3.71. The van der Waals surface area contributed by atoms with E-state index in [1.165, 1.54) is 0 Å². The molecule has 0 saturated carbocycles. The fourth-order valence-electron chi connectivity index (χ4n) is 3.36. The predicted molar refractivity (Wildman–Crippen MR) is 108 cm³/mol. The van der Waals surface area contributed by atoms with Crippen molar-refractivity contribution in [2.24, 2.45) is 5.73 Å². The molecule has 8 nitrogen and oxygen atoms in total. The molecule has 1 fully saturated rings. The largest absolute Gasteiger partial charge is 0.438 e.